The van der Waals surface area contributed by atoms with E-state index in [9.17, 15) is 14.7 Å². The number of fused-ring (bicyclic) bond motifs is 5. The monoisotopic (exact) mass is 362 g/mol. The summed E-state index contributed by atoms with van der Waals surface area (Å²) < 4.78 is 5.31. The minimum Gasteiger partial charge on any atom is -0.466 e. The van der Waals surface area contributed by atoms with Crippen LogP contribution in [0.5, 0.6) is 0 Å². The zero-order chi connectivity index (χ0) is 18.9. The first-order valence-corrected chi connectivity index (χ1v) is 10.5. The number of aliphatic hydroxyl groups excluding tert-OH is 1. The number of esters is 1. The molecule has 4 saturated carbocycles. The molecule has 0 heterocycles. The lowest BCUT2D eigenvalue weighted by molar-refractivity contribution is -0.151. The van der Waals surface area contributed by atoms with E-state index in [-0.39, 0.29) is 34.7 Å². The van der Waals surface area contributed by atoms with Crippen LogP contribution in [-0.2, 0) is 14.3 Å². The second kappa shape index (κ2) is 5.80. The molecule has 0 aromatic carbocycles. The molecule has 4 fully saturated rings. The number of rotatable bonds is 3. The van der Waals surface area contributed by atoms with Gasteiger partial charge in [-0.15, -0.1) is 0 Å². The van der Waals surface area contributed by atoms with Gasteiger partial charge in [0, 0.05) is 31.3 Å². The molecule has 4 aliphatic carbocycles. The van der Waals surface area contributed by atoms with E-state index in [1.165, 1.54) is 13.3 Å². The Morgan fingerprint density at radius 2 is 1.96 bits per heavy atom. The van der Waals surface area contributed by atoms with Gasteiger partial charge in [-0.3, -0.25) is 9.59 Å². The standard InChI is InChI=1S/C22H34O4/c1-13(24)26-11-16-19-14-6-7-17-20(2,12-23)8-5-9-21(17,3)15(14)10-18(25)22(16,19)4/h14-17,19,23H,5-12H2,1-4H3/t14-,15+,16+,17+,19-,20-,21-,22-/m1/s1. The molecule has 0 saturated heterocycles. The summed E-state index contributed by atoms with van der Waals surface area (Å²) in [5.74, 6) is 2.25. The zero-order valence-electron chi connectivity index (χ0n) is 16.7. The SMILES string of the molecule is CC(=O)OC[C@H]1[C@H]2[C@@H]3CC[C@H]4[C@@](C)(CO)CCC[C@]4(C)[C@H]3CC(=O)[C@]21C. The van der Waals surface area contributed by atoms with E-state index in [1.54, 1.807) is 0 Å². The first-order chi connectivity index (χ1) is 12.2. The van der Waals surface area contributed by atoms with Crippen LogP contribution in [0.3, 0.4) is 0 Å². The number of Topliss-reactive ketones (excluding diaryl/α,β-unsaturated/α-hetero) is 1. The number of carbonyl (C=O) groups excluding carboxylic acids is 2. The van der Waals surface area contributed by atoms with E-state index in [0.29, 0.717) is 42.5 Å². The van der Waals surface area contributed by atoms with Gasteiger partial charge in [-0.05, 0) is 60.2 Å². The Labute approximate surface area is 157 Å². The van der Waals surface area contributed by atoms with Gasteiger partial charge in [-0.1, -0.05) is 27.2 Å². The topological polar surface area (TPSA) is 63.6 Å². The minimum atomic E-state index is -0.269. The second-order valence-electron chi connectivity index (χ2n) is 10.4. The summed E-state index contributed by atoms with van der Waals surface area (Å²) in [5.41, 5.74) is -0.110. The van der Waals surface area contributed by atoms with Crippen molar-refractivity contribution in [3.05, 3.63) is 0 Å². The van der Waals surface area contributed by atoms with E-state index < -0.39 is 0 Å². The van der Waals surface area contributed by atoms with Crippen LogP contribution < -0.4 is 0 Å². The highest BCUT2D eigenvalue weighted by molar-refractivity contribution is 5.90. The smallest absolute Gasteiger partial charge is 0.302 e. The van der Waals surface area contributed by atoms with Gasteiger partial charge in [0.1, 0.15) is 5.78 Å². The average Bonchev–Trinajstić information content (AvgIpc) is 3.20. The Balaban J connectivity index is 1.62. The molecule has 4 nitrogen and oxygen atoms in total. The van der Waals surface area contributed by atoms with Gasteiger partial charge < -0.3 is 9.84 Å². The fourth-order valence-corrected chi connectivity index (χ4v) is 7.87. The molecule has 0 amide bonds. The van der Waals surface area contributed by atoms with Crippen molar-refractivity contribution < 1.29 is 19.4 Å². The summed E-state index contributed by atoms with van der Waals surface area (Å²) >= 11 is 0. The summed E-state index contributed by atoms with van der Waals surface area (Å²) in [5, 5.41) is 10.1. The Morgan fingerprint density at radius 3 is 2.62 bits per heavy atom. The first kappa shape index (κ1) is 18.5. The highest BCUT2D eigenvalue weighted by atomic mass is 16.5. The van der Waals surface area contributed by atoms with E-state index in [1.807, 2.05) is 0 Å². The molecule has 1 N–H and O–H groups in total. The minimum absolute atomic E-state index is 0.00244. The molecule has 146 valence electrons. The molecule has 4 aliphatic rings. The molecule has 0 aliphatic heterocycles. The van der Waals surface area contributed by atoms with Crippen LogP contribution in [0.25, 0.3) is 0 Å². The maximum absolute atomic E-state index is 13.1. The zero-order valence-corrected chi connectivity index (χ0v) is 16.7. The van der Waals surface area contributed by atoms with E-state index in [4.69, 9.17) is 4.74 Å². The molecule has 4 rings (SSSR count). The summed E-state index contributed by atoms with van der Waals surface area (Å²) in [6.07, 6.45) is 6.44. The summed E-state index contributed by atoms with van der Waals surface area (Å²) in [4.78, 5) is 24.4. The van der Waals surface area contributed by atoms with Crippen LogP contribution in [0.15, 0.2) is 0 Å². The van der Waals surface area contributed by atoms with Crippen molar-refractivity contribution in [1.29, 1.82) is 0 Å². The van der Waals surface area contributed by atoms with Crippen molar-refractivity contribution in [2.45, 2.75) is 66.2 Å². The molecular formula is C22H34O4. The lowest BCUT2D eigenvalue weighted by Gasteiger charge is -2.61. The lowest BCUT2D eigenvalue weighted by Crippen LogP contribution is -2.55. The van der Waals surface area contributed by atoms with Crippen molar-refractivity contribution in [3.63, 3.8) is 0 Å². The Bertz CT molecular complexity index is 630. The van der Waals surface area contributed by atoms with Gasteiger partial charge in [0.25, 0.3) is 0 Å². The predicted octanol–water partition coefficient (Wildman–Crippen LogP) is 3.61. The van der Waals surface area contributed by atoms with Crippen molar-refractivity contribution in [3.8, 4) is 0 Å². The van der Waals surface area contributed by atoms with E-state index in [2.05, 4.69) is 20.8 Å². The summed E-state index contributed by atoms with van der Waals surface area (Å²) in [6.45, 7) is 8.88. The predicted molar refractivity (Wildman–Crippen MR) is 98.2 cm³/mol. The van der Waals surface area contributed by atoms with Gasteiger partial charge in [0.15, 0.2) is 0 Å². The van der Waals surface area contributed by atoms with Gasteiger partial charge >= 0.3 is 5.97 Å². The molecular weight excluding hydrogens is 328 g/mol. The van der Waals surface area contributed by atoms with Crippen LogP contribution >= 0.6 is 0 Å². The first-order valence-electron chi connectivity index (χ1n) is 10.5. The summed E-state index contributed by atoms with van der Waals surface area (Å²) in [7, 11) is 0. The van der Waals surface area contributed by atoms with Crippen molar-refractivity contribution in [1.82, 2.24) is 0 Å². The normalized spacial score (nSPS) is 52.5. The van der Waals surface area contributed by atoms with Crippen molar-refractivity contribution >= 4 is 11.8 Å². The number of aliphatic hydroxyl groups is 1. The van der Waals surface area contributed by atoms with Crippen molar-refractivity contribution in [2.75, 3.05) is 13.2 Å². The van der Waals surface area contributed by atoms with Crippen LogP contribution in [-0.4, -0.2) is 30.1 Å². The Hall–Kier alpha value is -0.900. The number of carbonyl (C=O) groups is 2. The van der Waals surface area contributed by atoms with Gasteiger partial charge in [-0.2, -0.15) is 0 Å². The maximum atomic E-state index is 13.1. The number of hydrogen-bond acceptors (Lipinski definition) is 4. The number of ether oxygens (including phenoxy) is 1. The van der Waals surface area contributed by atoms with E-state index in [0.717, 1.165) is 25.7 Å². The summed E-state index contributed by atoms with van der Waals surface area (Å²) in [6, 6.07) is 0. The molecule has 0 aromatic rings. The molecule has 8 atom stereocenters. The third kappa shape index (κ3) is 2.30. The van der Waals surface area contributed by atoms with Crippen molar-refractivity contribution in [2.24, 2.45) is 45.8 Å². The van der Waals surface area contributed by atoms with E-state index >= 15 is 0 Å². The molecule has 4 heteroatoms. The lowest BCUT2D eigenvalue weighted by atomic mass is 9.44. The highest BCUT2D eigenvalue weighted by Crippen LogP contribution is 2.74. The Kier molecular flexibility index (Phi) is 4.12. The van der Waals surface area contributed by atoms with Crippen LogP contribution in [0.2, 0.25) is 0 Å². The Morgan fingerprint density at radius 1 is 1.23 bits per heavy atom. The molecule has 26 heavy (non-hydrogen) atoms. The van der Waals surface area contributed by atoms with Gasteiger partial charge in [0.2, 0.25) is 0 Å². The molecule has 0 spiro atoms. The largest absolute Gasteiger partial charge is 0.466 e. The third-order valence-electron chi connectivity index (χ3n) is 9.34. The number of hydrogen-bond donors (Lipinski definition) is 1. The van der Waals surface area contributed by atoms with Gasteiger partial charge in [0.05, 0.1) is 6.61 Å². The maximum Gasteiger partial charge on any atom is 0.302 e. The quantitative estimate of drug-likeness (QED) is 0.779. The van der Waals surface area contributed by atoms with Crippen LogP contribution in [0.1, 0.15) is 66.2 Å². The van der Waals surface area contributed by atoms with Gasteiger partial charge in [-0.25, -0.2) is 0 Å². The molecule has 0 aromatic heterocycles. The molecule has 0 bridgehead atoms. The third-order valence-corrected chi connectivity index (χ3v) is 9.34. The fourth-order valence-electron chi connectivity index (χ4n) is 7.87. The molecule has 0 radical (unpaired) electrons. The number of ketones is 1. The highest BCUT2D eigenvalue weighted by Gasteiger charge is 2.74. The van der Waals surface area contributed by atoms with Crippen LogP contribution in [0, 0.1) is 45.8 Å². The molecule has 0 unspecified atom stereocenters. The van der Waals surface area contributed by atoms with Crippen LogP contribution in [0.4, 0.5) is 0 Å². The fraction of sp³-hybridized carbons (Fsp3) is 0.909. The average molecular weight is 363 g/mol. The second-order valence-corrected chi connectivity index (χ2v) is 10.4.